The Bertz CT molecular complexity index is 525. The number of primary amides is 1. The van der Waals surface area contributed by atoms with E-state index in [9.17, 15) is 4.79 Å². The van der Waals surface area contributed by atoms with Crippen LogP contribution in [0.15, 0.2) is 22.7 Å². The van der Waals surface area contributed by atoms with Crippen LogP contribution >= 0.6 is 15.9 Å². The summed E-state index contributed by atoms with van der Waals surface area (Å²) in [7, 11) is 0. The molecule has 0 aromatic heterocycles. The van der Waals surface area contributed by atoms with Gasteiger partial charge in [0.2, 0.25) is 5.91 Å². The lowest BCUT2D eigenvalue weighted by molar-refractivity contribution is -0.125. The molecule has 0 aliphatic carbocycles. The van der Waals surface area contributed by atoms with Crippen molar-refractivity contribution < 1.29 is 9.53 Å². The summed E-state index contributed by atoms with van der Waals surface area (Å²) in [6.07, 6.45) is 2.95. The Kier molecular flexibility index (Phi) is 5.87. The smallest absolute Gasteiger partial charge is 0.223 e. The fourth-order valence-electron chi connectivity index (χ4n) is 2.67. The number of halogens is 1. The first-order valence-corrected chi connectivity index (χ1v) is 8.58. The first-order valence-electron chi connectivity index (χ1n) is 7.78. The van der Waals surface area contributed by atoms with Gasteiger partial charge in [0, 0.05) is 28.7 Å². The summed E-state index contributed by atoms with van der Waals surface area (Å²) in [6.45, 7) is 6.37. The normalized spacial score (nSPS) is 19.0. The van der Waals surface area contributed by atoms with Gasteiger partial charge in [-0.3, -0.25) is 4.79 Å². The summed E-state index contributed by atoms with van der Waals surface area (Å²) >= 11 is 3.50. The zero-order valence-electron chi connectivity index (χ0n) is 13.3. The van der Waals surface area contributed by atoms with Crippen LogP contribution in [0.3, 0.4) is 0 Å². The molecule has 0 saturated carbocycles. The van der Waals surface area contributed by atoms with Crippen LogP contribution < -0.4 is 11.1 Å². The summed E-state index contributed by atoms with van der Waals surface area (Å²) in [4.78, 5) is 11.6. The van der Waals surface area contributed by atoms with Crippen LogP contribution in [-0.4, -0.2) is 25.7 Å². The van der Waals surface area contributed by atoms with Crippen molar-refractivity contribution in [1.82, 2.24) is 0 Å². The Morgan fingerprint density at radius 3 is 2.91 bits per heavy atom. The van der Waals surface area contributed by atoms with E-state index in [1.165, 1.54) is 6.42 Å². The SMILES string of the molecule is CC(C)(Cc1cc(Br)ccc1NCC1CCCOC1)C(N)=O. The third kappa shape index (κ3) is 4.71. The molecular formula is C17H25BrN2O2. The van der Waals surface area contributed by atoms with E-state index in [0.717, 1.165) is 41.9 Å². The van der Waals surface area contributed by atoms with Gasteiger partial charge < -0.3 is 15.8 Å². The van der Waals surface area contributed by atoms with Crippen LogP contribution in [-0.2, 0) is 16.0 Å². The minimum atomic E-state index is -0.564. The van der Waals surface area contributed by atoms with Crippen molar-refractivity contribution in [2.45, 2.75) is 33.1 Å². The first kappa shape index (κ1) is 17.3. The second-order valence-corrected chi connectivity index (χ2v) is 7.61. The van der Waals surface area contributed by atoms with Crippen molar-refractivity contribution in [3.63, 3.8) is 0 Å². The number of carbonyl (C=O) groups is 1. The van der Waals surface area contributed by atoms with E-state index < -0.39 is 5.41 Å². The molecule has 3 N–H and O–H groups in total. The summed E-state index contributed by atoms with van der Waals surface area (Å²) < 4.78 is 6.53. The number of hydrogen-bond acceptors (Lipinski definition) is 3. The molecule has 0 bridgehead atoms. The molecule has 122 valence electrons. The highest BCUT2D eigenvalue weighted by atomic mass is 79.9. The molecule has 22 heavy (non-hydrogen) atoms. The number of benzene rings is 1. The molecule has 1 aliphatic rings. The lowest BCUT2D eigenvalue weighted by Gasteiger charge is -2.25. The standard InChI is InChI=1S/C17H25BrN2O2/c1-17(2,16(19)21)9-13-8-14(18)5-6-15(13)20-10-12-4-3-7-22-11-12/h5-6,8,12,20H,3-4,7,9-11H2,1-2H3,(H2,19,21). The van der Waals surface area contributed by atoms with Crippen LogP contribution in [0.5, 0.6) is 0 Å². The molecule has 1 amide bonds. The van der Waals surface area contributed by atoms with Gasteiger partial charge in [-0.15, -0.1) is 0 Å². The number of nitrogens with two attached hydrogens (primary N) is 1. The molecule has 5 heteroatoms. The molecule has 0 spiro atoms. The Balaban J connectivity index is 2.08. The number of amides is 1. The van der Waals surface area contributed by atoms with E-state index in [0.29, 0.717) is 12.3 Å². The van der Waals surface area contributed by atoms with E-state index in [4.69, 9.17) is 10.5 Å². The molecule has 1 atom stereocenters. The zero-order valence-corrected chi connectivity index (χ0v) is 14.9. The quantitative estimate of drug-likeness (QED) is 0.808. The van der Waals surface area contributed by atoms with Crippen molar-refractivity contribution in [1.29, 1.82) is 0 Å². The predicted octanol–water partition coefficient (Wildman–Crippen LogP) is 3.34. The molecular weight excluding hydrogens is 344 g/mol. The molecule has 1 aliphatic heterocycles. The number of anilines is 1. The minimum absolute atomic E-state index is 0.279. The van der Waals surface area contributed by atoms with Crippen molar-refractivity contribution in [3.05, 3.63) is 28.2 Å². The third-order valence-electron chi connectivity index (χ3n) is 4.20. The number of ether oxygens (including phenoxy) is 1. The van der Waals surface area contributed by atoms with Crippen LogP contribution in [0.4, 0.5) is 5.69 Å². The molecule has 1 fully saturated rings. The molecule has 1 saturated heterocycles. The number of rotatable bonds is 6. The maximum Gasteiger partial charge on any atom is 0.223 e. The lowest BCUT2D eigenvalue weighted by atomic mass is 9.84. The van der Waals surface area contributed by atoms with E-state index >= 15 is 0 Å². The Morgan fingerprint density at radius 2 is 2.27 bits per heavy atom. The highest BCUT2D eigenvalue weighted by Crippen LogP contribution is 2.29. The molecule has 1 aromatic carbocycles. The van der Waals surface area contributed by atoms with Gasteiger partial charge in [-0.05, 0) is 48.9 Å². The monoisotopic (exact) mass is 368 g/mol. The Labute approximate surface area is 140 Å². The topological polar surface area (TPSA) is 64.3 Å². The van der Waals surface area contributed by atoms with Gasteiger partial charge in [-0.25, -0.2) is 0 Å². The highest BCUT2D eigenvalue weighted by molar-refractivity contribution is 9.10. The Morgan fingerprint density at radius 1 is 1.50 bits per heavy atom. The fourth-order valence-corrected chi connectivity index (χ4v) is 3.08. The maximum atomic E-state index is 11.6. The Hall–Kier alpha value is -1.07. The predicted molar refractivity (Wildman–Crippen MR) is 92.9 cm³/mol. The van der Waals surface area contributed by atoms with Gasteiger partial charge in [0.1, 0.15) is 0 Å². The molecule has 2 rings (SSSR count). The molecule has 1 heterocycles. The summed E-state index contributed by atoms with van der Waals surface area (Å²) in [5.74, 6) is 0.272. The van der Waals surface area contributed by atoms with Gasteiger partial charge in [0.25, 0.3) is 0 Å². The number of carbonyl (C=O) groups excluding carboxylic acids is 1. The fraction of sp³-hybridized carbons (Fsp3) is 0.588. The summed E-state index contributed by atoms with van der Waals surface area (Å²) in [5, 5.41) is 3.52. The molecule has 4 nitrogen and oxygen atoms in total. The number of hydrogen-bond donors (Lipinski definition) is 2. The van der Waals surface area contributed by atoms with Crippen LogP contribution in [0.1, 0.15) is 32.3 Å². The van der Waals surface area contributed by atoms with Crippen molar-refractivity contribution in [2.24, 2.45) is 17.1 Å². The molecule has 1 aromatic rings. The van der Waals surface area contributed by atoms with Crippen LogP contribution in [0.25, 0.3) is 0 Å². The minimum Gasteiger partial charge on any atom is -0.384 e. The van der Waals surface area contributed by atoms with Crippen molar-refractivity contribution in [3.8, 4) is 0 Å². The second-order valence-electron chi connectivity index (χ2n) is 6.69. The van der Waals surface area contributed by atoms with Gasteiger partial charge in [0.15, 0.2) is 0 Å². The average Bonchev–Trinajstić information content (AvgIpc) is 2.47. The zero-order chi connectivity index (χ0) is 16.2. The number of nitrogens with one attached hydrogen (secondary N) is 1. The third-order valence-corrected chi connectivity index (χ3v) is 4.70. The van der Waals surface area contributed by atoms with Gasteiger partial charge in [-0.2, -0.15) is 0 Å². The second kappa shape index (κ2) is 7.47. The van der Waals surface area contributed by atoms with Gasteiger partial charge >= 0.3 is 0 Å². The first-order chi connectivity index (χ1) is 10.4. The van der Waals surface area contributed by atoms with E-state index in [1.54, 1.807) is 0 Å². The van der Waals surface area contributed by atoms with Crippen molar-refractivity contribution in [2.75, 3.05) is 25.1 Å². The lowest BCUT2D eigenvalue weighted by Crippen LogP contribution is -2.33. The van der Waals surface area contributed by atoms with Crippen LogP contribution in [0, 0.1) is 11.3 Å². The van der Waals surface area contributed by atoms with E-state index in [1.807, 2.05) is 19.9 Å². The summed E-state index contributed by atoms with van der Waals surface area (Å²) in [5.41, 5.74) is 7.12. The average molecular weight is 369 g/mol. The van der Waals surface area contributed by atoms with E-state index in [-0.39, 0.29) is 5.91 Å². The van der Waals surface area contributed by atoms with Crippen molar-refractivity contribution >= 4 is 27.5 Å². The molecule has 1 unspecified atom stereocenters. The van der Waals surface area contributed by atoms with Gasteiger partial charge in [0.05, 0.1) is 6.61 Å². The maximum absolute atomic E-state index is 11.6. The van der Waals surface area contributed by atoms with Crippen LogP contribution in [0.2, 0.25) is 0 Å². The summed E-state index contributed by atoms with van der Waals surface area (Å²) in [6, 6.07) is 6.13. The highest BCUT2D eigenvalue weighted by Gasteiger charge is 2.26. The largest absolute Gasteiger partial charge is 0.384 e. The molecule has 0 radical (unpaired) electrons. The van der Waals surface area contributed by atoms with Gasteiger partial charge in [-0.1, -0.05) is 29.8 Å². The van der Waals surface area contributed by atoms with E-state index in [2.05, 4.69) is 33.4 Å².